The zero-order chi connectivity index (χ0) is 18.5. The highest BCUT2D eigenvalue weighted by Gasteiger charge is 2.23. The van der Waals surface area contributed by atoms with Gasteiger partial charge >= 0.3 is 0 Å². The standard InChI is InChI=1S/C20H26N4O2S/c25-20(24-10-12-27-13-11-24)18-16-26-19(21-18)15-23-8-6-22(7-9-23)14-17-4-2-1-3-5-17/h1-5,16H,6-15H2. The lowest BCUT2D eigenvalue weighted by molar-refractivity contribution is 0.0766. The van der Waals surface area contributed by atoms with Crippen molar-refractivity contribution in [2.75, 3.05) is 50.8 Å². The Bertz CT molecular complexity index is 737. The van der Waals surface area contributed by atoms with Crippen molar-refractivity contribution in [3.05, 3.63) is 53.7 Å². The van der Waals surface area contributed by atoms with Crippen LogP contribution in [-0.4, -0.2) is 76.4 Å². The number of aromatic nitrogens is 1. The molecule has 2 aliphatic heterocycles. The molecule has 0 unspecified atom stereocenters. The third-order valence-electron chi connectivity index (χ3n) is 5.14. The summed E-state index contributed by atoms with van der Waals surface area (Å²) in [4.78, 5) is 23.6. The second kappa shape index (κ2) is 8.91. The molecule has 0 spiro atoms. The molecule has 2 aliphatic rings. The van der Waals surface area contributed by atoms with Crippen molar-refractivity contribution < 1.29 is 9.21 Å². The quantitative estimate of drug-likeness (QED) is 0.785. The van der Waals surface area contributed by atoms with Crippen LogP contribution in [0.2, 0.25) is 0 Å². The molecule has 144 valence electrons. The van der Waals surface area contributed by atoms with E-state index in [0.717, 1.165) is 57.3 Å². The highest BCUT2D eigenvalue weighted by molar-refractivity contribution is 7.99. The predicted molar refractivity (Wildman–Crippen MR) is 107 cm³/mol. The SMILES string of the molecule is O=C(c1coc(CN2CCN(Cc3ccccc3)CC2)n1)N1CCSCC1. The molecular formula is C20H26N4O2S. The van der Waals surface area contributed by atoms with E-state index in [1.165, 1.54) is 11.8 Å². The van der Waals surface area contributed by atoms with Crippen molar-refractivity contribution >= 4 is 17.7 Å². The fourth-order valence-corrected chi connectivity index (χ4v) is 4.45. The summed E-state index contributed by atoms with van der Waals surface area (Å²) in [6, 6.07) is 10.6. The van der Waals surface area contributed by atoms with Crippen molar-refractivity contribution in [1.29, 1.82) is 0 Å². The number of hydrogen-bond donors (Lipinski definition) is 0. The first kappa shape index (κ1) is 18.5. The van der Waals surface area contributed by atoms with Crippen LogP contribution in [0.4, 0.5) is 0 Å². The van der Waals surface area contributed by atoms with Gasteiger partial charge in [-0.25, -0.2) is 4.98 Å². The van der Waals surface area contributed by atoms with E-state index in [1.807, 2.05) is 16.7 Å². The molecule has 27 heavy (non-hydrogen) atoms. The van der Waals surface area contributed by atoms with Crippen LogP contribution in [0.25, 0.3) is 0 Å². The fourth-order valence-electron chi connectivity index (χ4n) is 3.55. The van der Waals surface area contributed by atoms with Gasteiger partial charge in [-0.1, -0.05) is 30.3 Å². The molecule has 0 atom stereocenters. The lowest BCUT2D eigenvalue weighted by Gasteiger charge is -2.34. The summed E-state index contributed by atoms with van der Waals surface area (Å²) in [6.45, 7) is 7.32. The first-order valence-electron chi connectivity index (χ1n) is 9.58. The van der Waals surface area contributed by atoms with E-state index in [4.69, 9.17) is 4.42 Å². The number of piperazine rings is 1. The Hall–Kier alpha value is -1.83. The zero-order valence-electron chi connectivity index (χ0n) is 15.5. The van der Waals surface area contributed by atoms with Gasteiger partial charge in [0.1, 0.15) is 6.26 Å². The van der Waals surface area contributed by atoms with Gasteiger partial charge < -0.3 is 9.32 Å². The number of carbonyl (C=O) groups excluding carboxylic acids is 1. The molecule has 0 radical (unpaired) electrons. The van der Waals surface area contributed by atoms with Crippen LogP contribution < -0.4 is 0 Å². The van der Waals surface area contributed by atoms with E-state index in [0.29, 0.717) is 18.1 Å². The molecule has 1 amide bonds. The van der Waals surface area contributed by atoms with E-state index in [-0.39, 0.29) is 5.91 Å². The molecular weight excluding hydrogens is 360 g/mol. The Labute approximate surface area is 164 Å². The number of benzene rings is 1. The average molecular weight is 387 g/mol. The number of oxazole rings is 1. The van der Waals surface area contributed by atoms with Gasteiger partial charge in [0.2, 0.25) is 5.89 Å². The summed E-state index contributed by atoms with van der Waals surface area (Å²) in [7, 11) is 0. The summed E-state index contributed by atoms with van der Waals surface area (Å²) in [5.41, 5.74) is 1.80. The van der Waals surface area contributed by atoms with Crippen LogP contribution in [0.3, 0.4) is 0 Å². The van der Waals surface area contributed by atoms with Crippen LogP contribution in [0, 0.1) is 0 Å². The minimum Gasteiger partial charge on any atom is -0.447 e. The normalized spacial score (nSPS) is 19.3. The van der Waals surface area contributed by atoms with Gasteiger partial charge in [0.05, 0.1) is 6.54 Å². The first-order chi connectivity index (χ1) is 13.3. The Morgan fingerprint density at radius 3 is 2.33 bits per heavy atom. The van der Waals surface area contributed by atoms with Gasteiger partial charge in [-0.3, -0.25) is 14.6 Å². The Kier molecular flexibility index (Phi) is 6.11. The van der Waals surface area contributed by atoms with Crippen molar-refractivity contribution in [3.63, 3.8) is 0 Å². The third kappa shape index (κ3) is 4.91. The molecule has 4 rings (SSSR count). The monoisotopic (exact) mass is 386 g/mol. The van der Waals surface area contributed by atoms with E-state index < -0.39 is 0 Å². The molecule has 1 aromatic heterocycles. The predicted octanol–water partition coefficient (Wildman–Crippen LogP) is 2.18. The van der Waals surface area contributed by atoms with Gasteiger partial charge in [-0.05, 0) is 5.56 Å². The maximum absolute atomic E-state index is 12.5. The highest BCUT2D eigenvalue weighted by Crippen LogP contribution is 2.15. The maximum Gasteiger partial charge on any atom is 0.275 e. The zero-order valence-corrected chi connectivity index (χ0v) is 16.4. The van der Waals surface area contributed by atoms with Gasteiger partial charge in [0.25, 0.3) is 5.91 Å². The molecule has 1 aromatic carbocycles. The lowest BCUT2D eigenvalue weighted by atomic mass is 10.2. The summed E-state index contributed by atoms with van der Waals surface area (Å²) >= 11 is 1.89. The molecule has 0 saturated carbocycles. The number of thioether (sulfide) groups is 1. The van der Waals surface area contributed by atoms with E-state index in [9.17, 15) is 4.79 Å². The van der Waals surface area contributed by atoms with Crippen molar-refractivity contribution in [2.45, 2.75) is 13.1 Å². The topological polar surface area (TPSA) is 52.8 Å². The van der Waals surface area contributed by atoms with Gasteiger partial charge in [0, 0.05) is 57.3 Å². The second-order valence-corrected chi connectivity index (χ2v) is 8.29. The Morgan fingerprint density at radius 2 is 1.63 bits per heavy atom. The van der Waals surface area contributed by atoms with E-state index in [1.54, 1.807) is 0 Å². The van der Waals surface area contributed by atoms with Crippen LogP contribution in [-0.2, 0) is 13.1 Å². The van der Waals surface area contributed by atoms with Gasteiger partial charge in [0.15, 0.2) is 5.69 Å². The van der Waals surface area contributed by atoms with Crippen LogP contribution >= 0.6 is 11.8 Å². The van der Waals surface area contributed by atoms with Gasteiger partial charge in [-0.15, -0.1) is 0 Å². The van der Waals surface area contributed by atoms with E-state index >= 15 is 0 Å². The summed E-state index contributed by atoms with van der Waals surface area (Å²) in [6.07, 6.45) is 1.52. The molecule has 0 aliphatic carbocycles. The van der Waals surface area contributed by atoms with Crippen LogP contribution in [0.1, 0.15) is 21.9 Å². The summed E-state index contributed by atoms with van der Waals surface area (Å²) in [5, 5.41) is 0. The number of amides is 1. The van der Waals surface area contributed by atoms with Gasteiger partial charge in [-0.2, -0.15) is 11.8 Å². The smallest absolute Gasteiger partial charge is 0.275 e. The molecule has 0 bridgehead atoms. The minimum absolute atomic E-state index is 0.00187. The molecule has 3 heterocycles. The average Bonchev–Trinajstić information content (AvgIpc) is 3.19. The minimum atomic E-state index is -0.00187. The molecule has 0 N–H and O–H groups in total. The van der Waals surface area contributed by atoms with Crippen LogP contribution in [0.15, 0.2) is 41.0 Å². The molecule has 2 saturated heterocycles. The number of nitrogens with zero attached hydrogens (tertiary/aromatic N) is 4. The molecule has 2 fully saturated rings. The van der Waals surface area contributed by atoms with Crippen molar-refractivity contribution in [2.24, 2.45) is 0 Å². The number of carbonyl (C=O) groups is 1. The number of hydrogen-bond acceptors (Lipinski definition) is 6. The van der Waals surface area contributed by atoms with Crippen molar-refractivity contribution in [1.82, 2.24) is 19.7 Å². The van der Waals surface area contributed by atoms with Crippen LogP contribution in [0.5, 0.6) is 0 Å². The first-order valence-corrected chi connectivity index (χ1v) is 10.7. The molecule has 7 heteroatoms. The number of rotatable bonds is 5. The van der Waals surface area contributed by atoms with E-state index in [2.05, 4.69) is 45.1 Å². The maximum atomic E-state index is 12.5. The summed E-state index contributed by atoms with van der Waals surface area (Å²) in [5.74, 6) is 2.65. The largest absolute Gasteiger partial charge is 0.447 e. The molecule has 2 aromatic rings. The summed E-state index contributed by atoms with van der Waals surface area (Å²) < 4.78 is 5.58. The fraction of sp³-hybridized carbons (Fsp3) is 0.500. The lowest BCUT2D eigenvalue weighted by Crippen LogP contribution is -2.45. The third-order valence-corrected chi connectivity index (χ3v) is 6.08. The Morgan fingerprint density at radius 1 is 0.963 bits per heavy atom. The highest BCUT2D eigenvalue weighted by atomic mass is 32.2. The Balaban J connectivity index is 1.26. The van der Waals surface area contributed by atoms with Crippen molar-refractivity contribution in [3.8, 4) is 0 Å². The molecule has 6 nitrogen and oxygen atoms in total. The second-order valence-electron chi connectivity index (χ2n) is 7.07.